The number of halogens is 1. The van der Waals surface area contributed by atoms with Crippen molar-refractivity contribution < 1.29 is 4.79 Å². The van der Waals surface area contributed by atoms with Gasteiger partial charge in [-0.2, -0.15) is 0 Å². The number of aliphatic imine (C=N–C) groups is 2. The van der Waals surface area contributed by atoms with Crippen molar-refractivity contribution >= 4 is 35.5 Å². The Bertz CT molecular complexity index is 812. The molecule has 3 aliphatic heterocycles. The Morgan fingerprint density at radius 2 is 2.04 bits per heavy atom. The third kappa shape index (κ3) is 3.78. The van der Waals surface area contributed by atoms with Gasteiger partial charge in [-0.1, -0.05) is 30.7 Å². The molecule has 4 rings (SSSR count). The SMILES string of the molecule is CC[C@H]1CN2C=NC(N3CCN(C(=O)Nc4ccccc4Cl)CC3)=CC2=N1. The van der Waals surface area contributed by atoms with Crippen molar-refractivity contribution in [2.45, 2.75) is 19.4 Å². The Labute approximate surface area is 164 Å². The first kappa shape index (κ1) is 17.9. The molecule has 0 spiro atoms. The van der Waals surface area contributed by atoms with Gasteiger partial charge in [0.05, 0.1) is 23.1 Å². The van der Waals surface area contributed by atoms with Crippen LogP contribution in [0.1, 0.15) is 13.3 Å². The van der Waals surface area contributed by atoms with E-state index in [0.717, 1.165) is 37.7 Å². The van der Waals surface area contributed by atoms with E-state index in [1.807, 2.05) is 18.5 Å². The molecular weight excluding hydrogens is 364 g/mol. The molecule has 3 heterocycles. The Morgan fingerprint density at radius 3 is 2.78 bits per heavy atom. The second-order valence-corrected chi connectivity index (χ2v) is 7.24. The molecule has 0 radical (unpaired) electrons. The molecule has 0 unspecified atom stereocenters. The van der Waals surface area contributed by atoms with Gasteiger partial charge in [-0.3, -0.25) is 4.99 Å². The molecule has 2 amide bonds. The van der Waals surface area contributed by atoms with Gasteiger partial charge in [0.2, 0.25) is 0 Å². The van der Waals surface area contributed by atoms with Crippen molar-refractivity contribution in [1.29, 1.82) is 0 Å². The average molecular weight is 387 g/mol. The zero-order chi connectivity index (χ0) is 18.8. The average Bonchev–Trinajstić information content (AvgIpc) is 3.12. The van der Waals surface area contributed by atoms with Crippen LogP contribution in [0.3, 0.4) is 0 Å². The van der Waals surface area contributed by atoms with Crippen molar-refractivity contribution in [3.63, 3.8) is 0 Å². The first-order valence-electron chi connectivity index (χ1n) is 9.30. The number of hydrogen-bond acceptors (Lipinski definition) is 5. The lowest BCUT2D eigenvalue weighted by Gasteiger charge is -2.36. The number of rotatable bonds is 3. The van der Waals surface area contributed by atoms with Crippen molar-refractivity contribution in [3.8, 4) is 0 Å². The van der Waals surface area contributed by atoms with Gasteiger partial charge in [0.25, 0.3) is 0 Å². The monoisotopic (exact) mass is 386 g/mol. The topological polar surface area (TPSA) is 63.5 Å². The lowest BCUT2D eigenvalue weighted by atomic mass is 10.2. The fourth-order valence-electron chi connectivity index (χ4n) is 3.42. The summed E-state index contributed by atoms with van der Waals surface area (Å²) in [7, 11) is 0. The van der Waals surface area contributed by atoms with Crippen LogP contribution in [0, 0.1) is 0 Å². The summed E-state index contributed by atoms with van der Waals surface area (Å²) in [4.78, 5) is 27.9. The van der Waals surface area contributed by atoms with E-state index in [4.69, 9.17) is 16.6 Å². The summed E-state index contributed by atoms with van der Waals surface area (Å²) in [5.74, 6) is 1.92. The van der Waals surface area contributed by atoms with Crippen molar-refractivity contribution in [3.05, 3.63) is 41.2 Å². The van der Waals surface area contributed by atoms with E-state index in [-0.39, 0.29) is 6.03 Å². The number of fused-ring (bicyclic) bond motifs is 1. The van der Waals surface area contributed by atoms with E-state index in [0.29, 0.717) is 29.8 Å². The molecule has 8 heteroatoms. The van der Waals surface area contributed by atoms with Gasteiger partial charge in [-0.15, -0.1) is 0 Å². The van der Waals surface area contributed by atoms with Crippen LogP contribution in [-0.2, 0) is 0 Å². The van der Waals surface area contributed by atoms with Crippen LogP contribution in [0.15, 0.2) is 46.1 Å². The molecule has 27 heavy (non-hydrogen) atoms. The van der Waals surface area contributed by atoms with E-state index in [1.165, 1.54) is 0 Å². The molecular formula is C19H23ClN6O. The third-order valence-electron chi connectivity index (χ3n) is 5.08. The summed E-state index contributed by atoms with van der Waals surface area (Å²) in [6.07, 6.45) is 4.96. The number of carbonyl (C=O) groups is 1. The number of piperazine rings is 1. The fourth-order valence-corrected chi connectivity index (χ4v) is 3.60. The highest BCUT2D eigenvalue weighted by Gasteiger charge is 2.28. The highest BCUT2D eigenvalue weighted by atomic mass is 35.5. The Hall–Kier alpha value is -2.54. The molecule has 0 aliphatic carbocycles. The zero-order valence-corrected chi connectivity index (χ0v) is 16.1. The van der Waals surface area contributed by atoms with Gasteiger partial charge in [0, 0.05) is 38.8 Å². The molecule has 1 atom stereocenters. The van der Waals surface area contributed by atoms with Gasteiger partial charge in [-0.25, -0.2) is 9.79 Å². The van der Waals surface area contributed by atoms with E-state index in [2.05, 4.69) is 33.1 Å². The third-order valence-corrected chi connectivity index (χ3v) is 5.41. The van der Waals surface area contributed by atoms with Crippen LogP contribution in [-0.4, -0.2) is 71.7 Å². The molecule has 0 bridgehead atoms. The number of para-hydroxylation sites is 1. The molecule has 1 fully saturated rings. The van der Waals surface area contributed by atoms with Gasteiger partial charge < -0.3 is 20.0 Å². The molecule has 1 saturated heterocycles. The van der Waals surface area contributed by atoms with Gasteiger partial charge >= 0.3 is 6.03 Å². The molecule has 1 aromatic carbocycles. The Balaban J connectivity index is 1.35. The number of urea groups is 1. The fraction of sp³-hybridized carbons (Fsp3) is 0.421. The Morgan fingerprint density at radius 1 is 1.26 bits per heavy atom. The van der Waals surface area contributed by atoms with Crippen LogP contribution in [0.4, 0.5) is 10.5 Å². The largest absolute Gasteiger partial charge is 0.353 e. The molecule has 0 aromatic heterocycles. The minimum Gasteiger partial charge on any atom is -0.353 e. The smallest absolute Gasteiger partial charge is 0.322 e. The van der Waals surface area contributed by atoms with Crippen LogP contribution in [0.25, 0.3) is 0 Å². The highest BCUT2D eigenvalue weighted by molar-refractivity contribution is 6.33. The summed E-state index contributed by atoms with van der Waals surface area (Å²) < 4.78 is 0. The van der Waals surface area contributed by atoms with E-state index in [9.17, 15) is 4.79 Å². The van der Waals surface area contributed by atoms with Gasteiger partial charge in [-0.05, 0) is 18.6 Å². The van der Waals surface area contributed by atoms with Gasteiger partial charge in [0.1, 0.15) is 11.7 Å². The summed E-state index contributed by atoms with van der Waals surface area (Å²) in [5, 5.41) is 3.42. The number of hydrogen-bond donors (Lipinski definition) is 1. The molecule has 1 aromatic rings. The summed E-state index contributed by atoms with van der Waals surface area (Å²) in [5.41, 5.74) is 0.635. The summed E-state index contributed by atoms with van der Waals surface area (Å²) in [6, 6.07) is 7.49. The maximum atomic E-state index is 12.5. The molecule has 7 nitrogen and oxygen atoms in total. The summed E-state index contributed by atoms with van der Waals surface area (Å²) in [6.45, 7) is 5.82. The van der Waals surface area contributed by atoms with Crippen LogP contribution < -0.4 is 5.32 Å². The van der Waals surface area contributed by atoms with E-state index in [1.54, 1.807) is 17.0 Å². The van der Waals surface area contributed by atoms with Crippen molar-refractivity contribution in [2.75, 3.05) is 38.0 Å². The predicted octanol–water partition coefficient (Wildman–Crippen LogP) is 2.87. The molecule has 1 N–H and O–H groups in total. The number of anilines is 1. The summed E-state index contributed by atoms with van der Waals surface area (Å²) >= 11 is 6.12. The Kier molecular flexibility index (Phi) is 5.03. The number of carbonyl (C=O) groups excluding carboxylic acids is 1. The normalized spacial score (nSPS) is 21.7. The number of benzene rings is 1. The maximum Gasteiger partial charge on any atom is 0.322 e. The second-order valence-electron chi connectivity index (χ2n) is 6.83. The number of amidine groups is 1. The lowest BCUT2D eigenvalue weighted by molar-refractivity contribution is 0.167. The van der Waals surface area contributed by atoms with Crippen LogP contribution in [0.2, 0.25) is 5.02 Å². The standard InChI is InChI=1S/C19H23ClN6O/c1-2-14-12-26-13-21-17(11-18(26)22-14)24-7-9-25(10-8-24)19(27)23-16-6-4-3-5-15(16)20/h3-6,11,13-14H,2,7-10,12H2,1H3,(H,23,27)/t14-/m0/s1. The first-order valence-corrected chi connectivity index (χ1v) is 9.67. The van der Waals surface area contributed by atoms with E-state index >= 15 is 0 Å². The second kappa shape index (κ2) is 7.60. The zero-order valence-electron chi connectivity index (χ0n) is 15.3. The highest BCUT2D eigenvalue weighted by Crippen LogP contribution is 2.22. The van der Waals surface area contributed by atoms with Crippen LogP contribution >= 0.6 is 11.6 Å². The molecule has 0 saturated carbocycles. The minimum atomic E-state index is -0.124. The van der Waals surface area contributed by atoms with Crippen molar-refractivity contribution in [1.82, 2.24) is 14.7 Å². The lowest BCUT2D eigenvalue weighted by Crippen LogP contribution is -2.50. The van der Waals surface area contributed by atoms with E-state index < -0.39 is 0 Å². The van der Waals surface area contributed by atoms with Crippen LogP contribution in [0.5, 0.6) is 0 Å². The maximum absolute atomic E-state index is 12.5. The quantitative estimate of drug-likeness (QED) is 0.868. The first-order chi connectivity index (χ1) is 13.1. The van der Waals surface area contributed by atoms with Crippen molar-refractivity contribution in [2.24, 2.45) is 9.98 Å². The predicted molar refractivity (Wildman–Crippen MR) is 108 cm³/mol. The van der Waals surface area contributed by atoms with Gasteiger partial charge in [0.15, 0.2) is 0 Å². The number of amides is 2. The minimum absolute atomic E-state index is 0.124. The molecule has 142 valence electrons. The number of nitrogens with zero attached hydrogens (tertiary/aromatic N) is 5. The molecule has 3 aliphatic rings. The number of nitrogens with one attached hydrogen (secondary N) is 1.